The third kappa shape index (κ3) is 6.80. The van der Waals surface area contributed by atoms with Gasteiger partial charge in [0, 0.05) is 11.4 Å². The van der Waals surface area contributed by atoms with Crippen molar-refractivity contribution in [2.24, 2.45) is 0 Å². The summed E-state index contributed by atoms with van der Waals surface area (Å²) in [5, 5.41) is 11.5. The second-order valence-corrected chi connectivity index (χ2v) is 7.00. The molecule has 138 valence electrons. The van der Waals surface area contributed by atoms with Crippen LogP contribution >= 0.6 is 11.8 Å². The fourth-order valence-corrected chi connectivity index (χ4v) is 3.25. The molecule has 1 amide bonds. The topological polar surface area (TPSA) is 75.6 Å². The number of carbonyl (C=O) groups is 2. The lowest BCUT2D eigenvalue weighted by atomic mass is 10.1. The summed E-state index contributed by atoms with van der Waals surface area (Å²) in [5.74, 6) is -0.0790. The number of aliphatic carboxylic acids is 1. The molecule has 5 nitrogen and oxygen atoms in total. The lowest BCUT2D eigenvalue weighted by Crippen LogP contribution is -2.27. The second-order valence-electron chi connectivity index (χ2n) is 5.98. The number of carbonyl (C=O) groups excluding carboxylic acids is 1. The van der Waals surface area contributed by atoms with Crippen molar-refractivity contribution >= 4 is 23.6 Å². The molecule has 2 N–H and O–H groups in total. The summed E-state index contributed by atoms with van der Waals surface area (Å²) in [5.41, 5.74) is 3.42. The van der Waals surface area contributed by atoms with Crippen molar-refractivity contribution in [2.75, 3.05) is 18.9 Å². The molecule has 0 heterocycles. The van der Waals surface area contributed by atoms with Crippen LogP contribution in [0.2, 0.25) is 0 Å². The molecule has 2 rings (SSSR count). The summed E-state index contributed by atoms with van der Waals surface area (Å²) in [4.78, 5) is 23.6. The normalized spacial score (nSPS) is 10.4. The number of thioether (sulfide) groups is 1. The zero-order valence-corrected chi connectivity index (χ0v) is 15.8. The molecule has 0 saturated carbocycles. The quantitative estimate of drug-likeness (QED) is 0.660. The van der Waals surface area contributed by atoms with Crippen molar-refractivity contribution in [2.45, 2.75) is 25.2 Å². The Bertz CT molecular complexity index is 759. The van der Waals surface area contributed by atoms with E-state index >= 15 is 0 Å². The Morgan fingerprint density at radius 1 is 1.12 bits per heavy atom. The number of nitrogens with one attached hydrogen (secondary N) is 1. The Morgan fingerprint density at radius 2 is 1.85 bits per heavy atom. The molecule has 2 aromatic carbocycles. The third-order valence-electron chi connectivity index (χ3n) is 3.72. The van der Waals surface area contributed by atoms with E-state index < -0.39 is 5.97 Å². The Labute approximate surface area is 157 Å². The smallest absolute Gasteiger partial charge is 0.341 e. The van der Waals surface area contributed by atoms with E-state index in [4.69, 9.17) is 9.84 Å². The monoisotopic (exact) mass is 373 g/mol. The maximum atomic E-state index is 12.0. The van der Waals surface area contributed by atoms with Gasteiger partial charge in [0.25, 0.3) is 0 Å². The number of aryl methyl sites for hydroxylation is 2. The molecule has 6 heteroatoms. The molecule has 0 aliphatic heterocycles. The number of amides is 1. The molecule has 0 unspecified atom stereocenters. The largest absolute Gasteiger partial charge is 0.482 e. The molecule has 0 aliphatic carbocycles. The molecular formula is C20H23NO4S. The van der Waals surface area contributed by atoms with E-state index in [-0.39, 0.29) is 12.5 Å². The van der Waals surface area contributed by atoms with E-state index in [2.05, 4.69) is 23.5 Å². The number of carboxylic acids is 1. The SMILES string of the molecule is Cc1ccc(C)c(SCC(=O)NCCc2ccc(OCC(=O)O)cc2)c1. The Hall–Kier alpha value is -2.47. The lowest BCUT2D eigenvalue weighted by Gasteiger charge is -2.08. The van der Waals surface area contributed by atoms with E-state index in [0.29, 0.717) is 24.5 Å². The summed E-state index contributed by atoms with van der Waals surface area (Å²) in [6.07, 6.45) is 0.707. The number of hydrogen-bond donors (Lipinski definition) is 2. The van der Waals surface area contributed by atoms with Crippen LogP contribution in [0.5, 0.6) is 5.75 Å². The summed E-state index contributed by atoms with van der Waals surface area (Å²) < 4.78 is 5.09. The molecule has 0 fully saturated rings. The third-order valence-corrected chi connectivity index (χ3v) is 4.88. The predicted octanol–water partition coefficient (Wildman–Crippen LogP) is 3.22. The van der Waals surface area contributed by atoms with E-state index in [9.17, 15) is 9.59 Å². The highest BCUT2D eigenvalue weighted by molar-refractivity contribution is 8.00. The van der Waals surface area contributed by atoms with Crippen molar-refractivity contribution in [3.8, 4) is 5.75 Å². The lowest BCUT2D eigenvalue weighted by molar-refractivity contribution is -0.139. The summed E-state index contributed by atoms with van der Waals surface area (Å²) in [7, 11) is 0. The van der Waals surface area contributed by atoms with Gasteiger partial charge >= 0.3 is 5.97 Å². The number of hydrogen-bond acceptors (Lipinski definition) is 4. The van der Waals surface area contributed by atoms with Crippen LogP contribution in [0, 0.1) is 13.8 Å². The van der Waals surface area contributed by atoms with Gasteiger partial charge in [-0.3, -0.25) is 4.79 Å². The number of benzene rings is 2. The van der Waals surface area contributed by atoms with Gasteiger partial charge in [-0.05, 0) is 49.6 Å². The zero-order valence-electron chi connectivity index (χ0n) is 15.0. The molecule has 0 saturated heterocycles. The fourth-order valence-electron chi connectivity index (χ4n) is 2.30. The highest BCUT2D eigenvalue weighted by atomic mass is 32.2. The first-order valence-electron chi connectivity index (χ1n) is 8.34. The van der Waals surface area contributed by atoms with Gasteiger partial charge < -0.3 is 15.2 Å². The minimum atomic E-state index is -1.00. The van der Waals surface area contributed by atoms with Gasteiger partial charge in [0.1, 0.15) is 5.75 Å². The van der Waals surface area contributed by atoms with Crippen molar-refractivity contribution in [1.82, 2.24) is 5.32 Å². The Morgan fingerprint density at radius 3 is 2.54 bits per heavy atom. The van der Waals surface area contributed by atoms with Crippen LogP contribution in [0.4, 0.5) is 0 Å². The summed E-state index contributed by atoms with van der Waals surface area (Å²) in [6, 6.07) is 13.4. The molecule has 0 spiro atoms. The first kappa shape index (κ1) is 19.8. The first-order chi connectivity index (χ1) is 12.4. The van der Waals surface area contributed by atoms with E-state index in [1.165, 1.54) is 11.1 Å². The van der Waals surface area contributed by atoms with E-state index in [1.54, 1.807) is 23.9 Å². The average molecular weight is 373 g/mol. The molecule has 26 heavy (non-hydrogen) atoms. The maximum Gasteiger partial charge on any atom is 0.341 e. The highest BCUT2D eigenvalue weighted by Gasteiger charge is 2.05. The fraction of sp³-hybridized carbons (Fsp3) is 0.300. The maximum absolute atomic E-state index is 12.0. The second kappa shape index (κ2) is 9.87. The van der Waals surface area contributed by atoms with Crippen LogP contribution in [0.3, 0.4) is 0 Å². The molecule has 0 aromatic heterocycles. The van der Waals surface area contributed by atoms with Gasteiger partial charge in [0.2, 0.25) is 5.91 Å². The molecule has 2 aromatic rings. The van der Waals surface area contributed by atoms with Crippen molar-refractivity contribution in [3.63, 3.8) is 0 Å². The summed E-state index contributed by atoms with van der Waals surface area (Å²) >= 11 is 1.55. The standard InChI is InChI=1S/C20H23NO4S/c1-14-3-4-15(2)18(11-14)26-13-19(22)21-10-9-16-5-7-17(8-6-16)25-12-20(23)24/h3-8,11H,9-10,12-13H2,1-2H3,(H,21,22)(H,23,24). The predicted molar refractivity (Wildman–Crippen MR) is 103 cm³/mol. The zero-order chi connectivity index (χ0) is 18.9. The van der Waals surface area contributed by atoms with Gasteiger partial charge in [0.15, 0.2) is 6.61 Å². The average Bonchev–Trinajstić information content (AvgIpc) is 2.61. The number of ether oxygens (including phenoxy) is 1. The van der Waals surface area contributed by atoms with Gasteiger partial charge in [0.05, 0.1) is 5.75 Å². The minimum Gasteiger partial charge on any atom is -0.482 e. The highest BCUT2D eigenvalue weighted by Crippen LogP contribution is 2.23. The summed E-state index contributed by atoms with van der Waals surface area (Å²) in [6.45, 7) is 4.29. The Kier molecular flexibility index (Phi) is 7.53. The van der Waals surface area contributed by atoms with Crippen molar-refractivity contribution in [3.05, 3.63) is 59.2 Å². The molecule has 0 aliphatic rings. The minimum absolute atomic E-state index is 0.0114. The number of rotatable bonds is 9. The first-order valence-corrected chi connectivity index (χ1v) is 9.33. The van der Waals surface area contributed by atoms with Crippen LogP contribution in [0.15, 0.2) is 47.4 Å². The molecule has 0 bridgehead atoms. The van der Waals surface area contributed by atoms with Crippen LogP contribution in [0.25, 0.3) is 0 Å². The van der Waals surface area contributed by atoms with Gasteiger partial charge in [-0.1, -0.05) is 29.8 Å². The Balaban J connectivity index is 1.71. The van der Waals surface area contributed by atoms with E-state index in [1.807, 2.05) is 26.0 Å². The van der Waals surface area contributed by atoms with Crippen molar-refractivity contribution in [1.29, 1.82) is 0 Å². The molecular weight excluding hydrogens is 350 g/mol. The van der Waals surface area contributed by atoms with Crippen LogP contribution < -0.4 is 10.1 Å². The molecule has 0 radical (unpaired) electrons. The number of carboxylic acid groups (broad SMARTS) is 1. The van der Waals surface area contributed by atoms with Crippen LogP contribution in [0.1, 0.15) is 16.7 Å². The van der Waals surface area contributed by atoms with Gasteiger partial charge in [-0.25, -0.2) is 4.79 Å². The molecule has 0 atom stereocenters. The van der Waals surface area contributed by atoms with Gasteiger partial charge in [-0.15, -0.1) is 11.8 Å². The van der Waals surface area contributed by atoms with E-state index in [0.717, 1.165) is 10.5 Å². The van der Waals surface area contributed by atoms with Crippen LogP contribution in [-0.2, 0) is 16.0 Å². The van der Waals surface area contributed by atoms with Gasteiger partial charge in [-0.2, -0.15) is 0 Å². The van der Waals surface area contributed by atoms with Crippen LogP contribution in [-0.4, -0.2) is 35.9 Å². The van der Waals surface area contributed by atoms with Crippen molar-refractivity contribution < 1.29 is 19.4 Å².